The molecule has 7 nitrogen and oxygen atoms in total. The van der Waals surface area contributed by atoms with Crippen molar-refractivity contribution in [3.8, 4) is 26.9 Å². The van der Waals surface area contributed by atoms with Gasteiger partial charge in [0.15, 0.2) is 0 Å². The molecule has 0 unspecified atom stereocenters. The summed E-state index contributed by atoms with van der Waals surface area (Å²) in [7, 11) is 1.63. The summed E-state index contributed by atoms with van der Waals surface area (Å²) in [6.45, 7) is 0.177. The third-order valence-electron chi connectivity index (χ3n) is 4.39. The summed E-state index contributed by atoms with van der Waals surface area (Å²) in [5.74, 6) is 1.68. The van der Waals surface area contributed by atoms with E-state index >= 15 is 0 Å². The van der Waals surface area contributed by atoms with E-state index in [9.17, 15) is 4.79 Å². The molecule has 0 atom stereocenters. The summed E-state index contributed by atoms with van der Waals surface area (Å²) in [5, 5.41) is 5.93. The van der Waals surface area contributed by atoms with Gasteiger partial charge in [0.25, 0.3) is 5.56 Å². The van der Waals surface area contributed by atoms with Gasteiger partial charge >= 0.3 is 0 Å². The second-order valence-electron chi connectivity index (χ2n) is 6.22. The maximum absolute atomic E-state index is 12.9. The number of benzene rings is 1. The molecule has 0 aliphatic rings. The minimum absolute atomic E-state index is 0.129. The van der Waals surface area contributed by atoms with Crippen LogP contribution in [0.2, 0.25) is 0 Å². The summed E-state index contributed by atoms with van der Waals surface area (Å²) in [6.07, 6.45) is 1.52. The van der Waals surface area contributed by atoms with Crippen molar-refractivity contribution in [3.63, 3.8) is 0 Å². The van der Waals surface area contributed by atoms with Crippen molar-refractivity contribution < 1.29 is 9.26 Å². The van der Waals surface area contributed by atoms with Crippen LogP contribution in [0.4, 0.5) is 0 Å². The highest BCUT2D eigenvalue weighted by Gasteiger charge is 2.14. The Morgan fingerprint density at radius 1 is 1.17 bits per heavy atom. The molecule has 0 saturated heterocycles. The van der Waals surface area contributed by atoms with Crippen LogP contribution in [0.25, 0.3) is 31.4 Å². The highest BCUT2D eigenvalue weighted by atomic mass is 32.1. The van der Waals surface area contributed by atoms with Gasteiger partial charge in [-0.15, -0.1) is 22.7 Å². The first kappa shape index (κ1) is 17.8. The van der Waals surface area contributed by atoms with Crippen molar-refractivity contribution in [1.29, 1.82) is 0 Å². The fourth-order valence-corrected chi connectivity index (χ4v) is 4.64. The van der Waals surface area contributed by atoms with Crippen molar-refractivity contribution >= 4 is 32.9 Å². The van der Waals surface area contributed by atoms with E-state index in [1.54, 1.807) is 7.11 Å². The van der Waals surface area contributed by atoms with Crippen LogP contribution in [-0.2, 0) is 6.54 Å². The largest absolute Gasteiger partial charge is 0.497 e. The number of methoxy groups -OCH3 is 1. The van der Waals surface area contributed by atoms with Crippen molar-refractivity contribution in [2.75, 3.05) is 7.11 Å². The minimum Gasteiger partial charge on any atom is -0.497 e. The van der Waals surface area contributed by atoms with E-state index in [0.717, 1.165) is 21.1 Å². The van der Waals surface area contributed by atoms with Crippen LogP contribution in [0.5, 0.6) is 5.75 Å². The molecule has 4 heterocycles. The van der Waals surface area contributed by atoms with E-state index in [2.05, 4.69) is 15.1 Å². The van der Waals surface area contributed by atoms with Gasteiger partial charge in [-0.05, 0) is 47.3 Å². The molecule has 9 heteroatoms. The van der Waals surface area contributed by atoms with Gasteiger partial charge in [-0.3, -0.25) is 9.36 Å². The van der Waals surface area contributed by atoms with Crippen LogP contribution in [0.15, 0.2) is 63.5 Å². The molecule has 0 saturated carbocycles. The van der Waals surface area contributed by atoms with E-state index in [1.165, 1.54) is 33.6 Å². The maximum Gasteiger partial charge on any atom is 0.271 e. The van der Waals surface area contributed by atoms with Crippen molar-refractivity contribution in [2.45, 2.75) is 6.54 Å². The van der Waals surface area contributed by atoms with Crippen molar-refractivity contribution in [1.82, 2.24) is 19.7 Å². The predicted octanol–water partition coefficient (Wildman–Crippen LogP) is 4.29. The average Bonchev–Trinajstić information content (AvgIpc) is 3.50. The second kappa shape index (κ2) is 7.26. The first-order valence-corrected chi connectivity index (χ1v) is 10.4. The number of nitrogens with zero attached hydrogens (tertiary/aromatic N) is 4. The Morgan fingerprint density at radius 3 is 2.79 bits per heavy atom. The number of hydrogen-bond acceptors (Lipinski definition) is 8. The van der Waals surface area contributed by atoms with Gasteiger partial charge in [0.2, 0.25) is 11.7 Å². The molecular weight excluding hydrogens is 408 g/mol. The lowest BCUT2D eigenvalue weighted by Gasteiger charge is -2.00. The van der Waals surface area contributed by atoms with Crippen LogP contribution in [-0.4, -0.2) is 26.8 Å². The Labute approximate surface area is 172 Å². The van der Waals surface area contributed by atoms with Gasteiger partial charge in [-0.1, -0.05) is 11.2 Å². The van der Waals surface area contributed by atoms with Crippen molar-refractivity contribution in [3.05, 3.63) is 70.4 Å². The summed E-state index contributed by atoms with van der Waals surface area (Å²) < 4.78 is 12.6. The SMILES string of the molecule is COc1ccc(-c2cc3ncn(Cc4nc(-c5cccs5)no4)c(=O)c3s2)cc1. The second-order valence-corrected chi connectivity index (χ2v) is 8.22. The van der Waals surface area contributed by atoms with Crippen molar-refractivity contribution in [2.24, 2.45) is 0 Å². The lowest BCUT2D eigenvalue weighted by atomic mass is 10.2. The van der Waals surface area contributed by atoms with E-state index in [4.69, 9.17) is 9.26 Å². The highest BCUT2D eigenvalue weighted by Crippen LogP contribution is 2.31. The topological polar surface area (TPSA) is 83.0 Å². The minimum atomic E-state index is -0.129. The molecule has 0 fully saturated rings. The third kappa shape index (κ3) is 3.34. The zero-order valence-corrected chi connectivity index (χ0v) is 16.9. The molecule has 29 heavy (non-hydrogen) atoms. The zero-order chi connectivity index (χ0) is 19.8. The Hall–Kier alpha value is -3.30. The number of rotatable bonds is 5. The van der Waals surface area contributed by atoms with Gasteiger partial charge in [0, 0.05) is 4.88 Å². The Kier molecular flexibility index (Phi) is 4.45. The Bertz CT molecular complexity index is 1330. The zero-order valence-electron chi connectivity index (χ0n) is 15.2. The molecule has 0 aliphatic carbocycles. The monoisotopic (exact) mass is 422 g/mol. The lowest BCUT2D eigenvalue weighted by Crippen LogP contribution is -2.20. The summed E-state index contributed by atoms with van der Waals surface area (Å²) in [5.41, 5.74) is 1.56. The molecule has 5 rings (SSSR count). The van der Waals surface area contributed by atoms with E-state index < -0.39 is 0 Å². The fraction of sp³-hybridized carbons (Fsp3) is 0.100. The number of thiophene rings is 2. The number of fused-ring (bicyclic) bond motifs is 1. The molecular formula is C20H14N4O3S2. The van der Waals surface area contributed by atoms with E-state index in [1.807, 2.05) is 47.8 Å². The number of aromatic nitrogens is 4. The summed E-state index contributed by atoms with van der Waals surface area (Å²) in [4.78, 5) is 23.6. The quantitative estimate of drug-likeness (QED) is 0.420. The fourth-order valence-electron chi connectivity index (χ4n) is 2.93. The Morgan fingerprint density at radius 2 is 2.03 bits per heavy atom. The molecule has 0 spiro atoms. The molecule has 4 aromatic heterocycles. The molecule has 0 amide bonds. The van der Waals surface area contributed by atoms with Crippen LogP contribution in [0.1, 0.15) is 5.89 Å². The van der Waals surface area contributed by atoms with Gasteiger partial charge in [0.05, 0.1) is 23.8 Å². The Balaban J connectivity index is 1.46. The highest BCUT2D eigenvalue weighted by molar-refractivity contribution is 7.22. The number of ether oxygens (including phenoxy) is 1. The molecule has 5 aromatic rings. The molecule has 1 aromatic carbocycles. The molecule has 144 valence electrons. The number of hydrogen-bond donors (Lipinski definition) is 0. The smallest absolute Gasteiger partial charge is 0.271 e. The standard InChI is InChI=1S/C20H14N4O3S2/c1-26-13-6-4-12(5-7-13)16-9-14-18(29-16)20(25)24(11-21-14)10-17-22-19(23-27-17)15-3-2-8-28-15/h2-9,11H,10H2,1H3. The first-order chi connectivity index (χ1) is 14.2. The molecule has 0 radical (unpaired) electrons. The first-order valence-electron chi connectivity index (χ1n) is 8.71. The predicted molar refractivity (Wildman–Crippen MR) is 113 cm³/mol. The van der Waals surface area contributed by atoms with Crippen LogP contribution >= 0.6 is 22.7 Å². The van der Waals surface area contributed by atoms with Crippen LogP contribution in [0, 0.1) is 0 Å². The van der Waals surface area contributed by atoms with Gasteiger partial charge in [0.1, 0.15) is 17.0 Å². The lowest BCUT2D eigenvalue weighted by molar-refractivity contribution is 0.370. The maximum atomic E-state index is 12.9. The van der Waals surface area contributed by atoms with Gasteiger partial charge < -0.3 is 9.26 Å². The van der Waals surface area contributed by atoms with Crippen LogP contribution in [0.3, 0.4) is 0 Å². The van der Waals surface area contributed by atoms with Gasteiger partial charge in [-0.25, -0.2) is 4.98 Å². The molecule has 0 bridgehead atoms. The molecule has 0 aliphatic heterocycles. The van der Waals surface area contributed by atoms with Crippen LogP contribution < -0.4 is 10.3 Å². The van der Waals surface area contributed by atoms with Gasteiger partial charge in [-0.2, -0.15) is 4.98 Å². The average molecular weight is 422 g/mol. The summed E-state index contributed by atoms with van der Waals surface area (Å²) >= 11 is 2.95. The normalized spacial score (nSPS) is 11.2. The molecule has 0 N–H and O–H groups in total. The third-order valence-corrected chi connectivity index (χ3v) is 6.42. The van der Waals surface area contributed by atoms with E-state index in [-0.39, 0.29) is 12.1 Å². The van der Waals surface area contributed by atoms with E-state index in [0.29, 0.717) is 21.9 Å². The summed E-state index contributed by atoms with van der Waals surface area (Å²) in [6, 6.07) is 13.5.